The van der Waals surface area contributed by atoms with Gasteiger partial charge in [0.2, 0.25) is 11.8 Å². The molecule has 5 N–H and O–H groups in total. The van der Waals surface area contributed by atoms with Crippen molar-refractivity contribution >= 4 is 23.8 Å². The third-order valence-electron chi connectivity index (χ3n) is 9.68. The SMILES string of the molecule is CC(=O)N1CCN(CCc2ccccc2C(=O)NC(C(N)=O)C(CCC(O)CC(CCCCNC(=O)OC(C)(C)C)C(C)C)C(C)C)CC1. The van der Waals surface area contributed by atoms with Crippen LogP contribution in [0.25, 0.3) is 0 Å². The summed E-state index contributed by atoms with van der Waals surface area (Å²) in [4.78, 5) is 54.1. The van der Waals surface area contributed by atoms with Crippen LogP contribution in [0.15, 0.2) is 24.3 Å². The van der Waals surface area contributed by atoms with E-state index in [0.717, 1.165) is 44.5 Å². The molecule has 1 aromatic carbocycles. The highest BCUT2D eigenvalue weighted by atomic mass is 16.6. The van der Waals surface area contributed by atoms with Gasteiger partial charge in [-0.15, -0.1) is 0 Å². The molecular weight excluding hydrogens is 622 g/mol. The Labute approximate surface area is 295 Å². The summed E-state index contributed by atoms with van der Waals surface area (Å²) >= 11 is 0. The summed E-state index contributed by atoms with van der Waals surface area (Å²) in [6.07, 6.45) is 4.10. The summed E-state index contributed by atoms with van der Waals surface area (Å²) in [6, 6.07) is 6.59. The normalized spacial score (nSPS) is 16.6. The summed E-state index contributed by atoms with van der Waals surface area (Å²) in [5, 5.41) is 16.9. The van der Waals surface area contributed by atoms with E-state index in [1.807, 2.05) is 57.7 Å². The van der Waals surface area contributed by atoms with E-state index in [0.29, 0.717) is 62.7 Å². The fourth-order valence-corrected chi connectivity index (χ4v) is 6.63. The van der Waals surface area contributed by atoms with Crippen molar-refractivity contribution in [3.8, 4) is 0 Å². The van der Waals surface area contributed by atoms with Gasteiger partial charge in [0.25, 0.3) is 5.91 Å². The number of piperazine rings is 1. The molecule has 2 rings (SSSR count). The quantitative estimate of drug-likeness (QED) is 0.153. The highest BCUT2D eigenvalue weighted by molar-refractivity contribution is 5.98. The molecule has 0 radical (unpaired) electrons. The van der Waals surface area contributed by atoms with Crippen molar-refractivity contribution in [2.75, 3.05) is 39.3 Å². The maximum absolute atomic E-state index is 13.6. The maximum Gasteiger partial charge on any atom is 0.407 e. The molecule has 0 bridgehead atoms. The molecule has 4 unspecified atom stereocenters. The average molecular weight is 688 g/mol. The first-order valence-corrected chi connectivity index (χ1v) is 18.3. The van der Waals surface area contributed by atoms with Crippen LogP contribution in [0.5, 0.6) is 0 Å². The first kappa shape index (κ1) is 42.0. The number of aliphatic hydroxyl groups excluding tert-OH is 1. The van der Waals surface area contributed by atoms with Crippen molar-refractivity contribution in [1.82, 2.24) is 20.4 Å². The molecule has 11 heteroatoms. The Hall–Kier alpha value is -3.18. The average Bonchev–Trinajstić information content (AvgIpc) is 3.01. The van der Waals surface area contributed by atoms with Crippen LogP contribution < -0.4 is 16.4 Å². The summed E-state index contributed by atoms with van der Waals surface area (Å²) in [7, 11) is 0. The number of unbranched alkanes of at least 4 members (excludes halogenated alkanes) is 1. The number of aliphatic hydroxyl groups is 1. The van der Waals surface area contributed by atoms with Crippen molar-refractivity contribution in [1.29, 1.82) is 0 Å². The number of primary amides is 1. The fraction of sp³-hybridized carbons (Fsp3) is 0.737. The molecule has 1 aliphatic heterocycles. The molecule has 1 fully saturated rings. The van der Waals surface area contributed by atoms with Crippen molar-refractivity contribution in [2.24, 2.45) is 29.4 Å². The Morgan fingerprint density at radius 1 is 0.939 bits per heavy atom. The minimum Gasteiger partial charge on any atom is -0.444 e. The van der Waals surface area contributed by atoms with Gasteiger partial charge in [0.05, 0.1) is 6.10 Å². The van der Waals surface area contributed by atoms with E-state index < -0.39 is 29.7 Å². The Morgan fingerprint density at radius 3 is 2.16 bits per heavy atom. The molecule has 4 amide bonds. The van der Waals surface area contributed by atoms with Crippen LogP contribution in [0.3, 0.4) is 0 Å². The van der Waals surface area contributed by atoms with Crippen LogP contribution >= 0.6 is 0 Å². The van der Waals surface area contributed by atoms with Gasteiger partial charge in [-0.3, -0.25) is 19.3 Å². The van der Waals surface area contributed by atoms with Crippen LogP contribution in [-0.2, 0) is 20.7 Å². The number of nitrogens with one attached hydrogen (secondary N) is 2. The Bertz CT molecular complexity index is 1190. The molecule has 1 heterocycles. The van der Waals surface area contributed by atoms with Gasteiger partial charge < -0.3 is 31.1 Å². The van der Waals surface area contributed by atoms with E-state index in [9.17, 15) is 24.3 Å². The lowest BCUT2D eigenvalue weighted by molar-refractivity contribution is -0.130. The predicted molar refractivity (Wildman–Crippen MR) is 194 cm³/mol. The predicted octanol–water partition coefficient (Wildman–Crippen LogP) is 4.75. The fourth-order valence-electron chi connectivity index (χ4n) is 6.63. The van der Waals surface area contributed by atoms with Gasteiger partial charge in [0.15, 0.2) is 0 Å². The molecule has 0 aliphatic carbocycles. The van der Waals surface area contributed by atoms with Crippen molar-refractivity contribution < 1.29 is 29.0 Å². The third-order valence-corrected chi connectivity index (χ3v) is 9.68. The van der Waals surface area contributed by atoms with Gasteiger partial charge in [0, 0.05) is 51.8 Å². The number of rotatable bonds is 19. The van der Waals surface area contributed by atoms with Gasteiger partial charge in [-0.05, 0) is 88.2 Å². The van der Waals surface area contributed by atoms with E-state index in [-0.39, 0.29) is 23.7 Å². The number of benzene rings is 1. The Balaban J connectivity index is 1.94. The zero-order valence-corrected chi connectivity index (χ0v) is 31.4. The zero-order valence-electron chi connectivity index (χ0n) is 31.4. The van der Waals surface area contributed by atoms with Gasteiger partial charge in [0.1, 0.15) is 11.6 Å². The van der Waals surface area contributed by atoms with Crippen LogP contribution in [0, 0.1) is 23.7 Å². The topological polar surface area (TPSA) is 154 Å². The molecule has 0 spiro atoms. The van der Waals surface area contributed by atoms with Crippen molar-refractivity contribution in [3.05, 3.63) is 35.4 Å². The molecule has 11 nitrogen and oxygen atoms in total. The van der Waals surface area contributed by atoms with Crippen LogP contribution in [-0.4, -0.2) is 95.7 Å². The molecule has 49 heavy (non-hydrogen) atoms. The first-order valence-electron chi connectivity index (χ1n) is 18.3. The minimum atomic E-state index is -0.870. The van der Waals surface area contributed by atoms with E-state index >= 15 is 0 Å². The van der Waals surface area contributed by atoms with E-state index in [4.69, 9.17) is 10.5 Å². The first-order chi connectivity index (χ1) is 23.0. The number of carbonyl (C=O) groups is 4. The van der Waals surface area contributed by atoms with Crippen molar-refractivity contribution in [3.63, 3.8) is 0 Å². The Kier molecular flexibility index (Phi) is 17.6. The zero-order chi connectivity index (χ0) is 36.7. The molecule has 0 aromatic heterocycles. The maximum atomic E-state index is 13.6. The largest absolute Gasteiger partial charge is 0.444 e. The number of alkyl carbamates (subject to hydrolysis) is 1. The molecule has 1 aromatic rings. The third kappa shape index (κ3) is 15.5. The van der Waals surface area contributed by atoms with E-state index in [1.165, 1.54) is 0 Å². The molecule has 4 atom stereocenters. The van der Waals surface area contributed by atoms with Crippen molar-refractivity contribution in [2.45, 2.75) is 118 Å². The minimum absolute atomic E-state index is 0.0484. The highest BCUT2D eigenvalue weighted by Crippen LogP contribution is 2.28. The molecule has 1 saturated heterocycles. The lowest BCUT2D eigenvalue weighted by Crippen LogP contribution is -2.51. The van der Waals surface area contributed by atoms with Gasteiger partial charge >= 0.3 is 6.09 Å². The van der Waals surface area contributed by atoms with Gasteiger partial charge in [-0.1, -0.05) is 58.7 Å². The summed E-state index contributed by atoms with van der Waals surface area (Å²) in [5.74, 6) is -0.301. The highest BCUT2D eigenvalue weighted by Gasteiger charge is 2.32. The number of hydrogen-bond acceptors (Lipinski definition) is 7. The lowest BCUT2D eigenvalue weighted by Gasteiger charge is -2.34. The molecule has 0 saturated carbocycles. The van der Waals surface area contributed by atoms with Crippen LogP contribution in [0.2, 0.25) is 0 Å². The summed E-state index contributed by atoms with van der Waals surface area (Å²) < 4.78 is 5.29. The standard InChI is InChI=1S/C38H65N5O6/c1-26(2)30(14-11-12-19-40-37(48)49-38(6,7)8)25-31(45)16-17-32(27(3)4)34(35(39)46)41-36(47)33-15-10-9-13-29(33)18-20-42-21-23-43(24-22-42)28(5)44/h9-10,13,15,26-27,30-32,34,45H,11-12,14,16-25H2,1-8H3,(H2,39,46)(H,40,48)(H,41,47). The van der Waals surface area contributed by atoms with Gasteiger partial charge in [-0.25, -0.2) is 4.79 Å². The second kappa shape index (κ2) is 20.5. The molecule has 278 valence electrons. The van der Waals surface area contributed by atoms with E-state index in [2.05, 4.69) is 29.4 Å². The van der Waals surface area contributed by atoms with Crippen LogP contribution in [0.4, 0.5) is 4.79 Å². The number of nitrogens with zero attached hydrogens (tertiary/aromatic N) is 2. The summed E-state index contributed by atoms with van der Waals surface area (Å²) in [6.45, 7) is 19.8. The number of nitrogens with two attached hydrogens (primary N) is 1. The number of carbonyl (C=O) groups excluding carboxylic acids is 4. The molecular formula is C38H65N5O6. The number of amides is 4. The number of hydrogen-bond donors (Lipinski definition) is 4. The lowest BCUT2D eigenvalue weighted by atomic mass is 9.80. The second-order valence-electron chi connectivity index (χ2n) is 15.4. The number of ether oxygens (including phenoxy) is 1. The summed E-state index contributed by atoms with van der Waals surface area (Å²) in [5.41, 5.74) is 6.80. The molecule has 1 aliphatic rings. The second-order valence-corrected chi connectivity index (χ2v) is 15.4. The van der Waals surface area contributed by atoms with E-state index in [1.54, 1.807) is 13.0 Å². The van der Waals surface area contributed by atoms with Crippen LogP contribution in [0.1, 0.15) is 110 Å². The van der Waals surface area contributed by atoms with Gasteiger partial charge in [-0.2, -0.15) is 0 Å². The Morgan fingerprint density at radius 2 is 1.59 bits per heavy atom. The monoisotopic (exact) mass is 687 g/mol. The smallest absolute Gasteiger partial charge is 0.407 e.